The van der Waals surface area contributed by atoms with Gasteiger partial charge in [-0.2, -0.15) is 0 Å². The van der Waals surface area contributed by atoms with Crippen LogP contribution < -0.4 is 5.73 Å². The summed E-state index contributed by atoms with van der Waals surface area (Å²) in [5, 5.41) is 10.5. The van der Waals surface area contributed by atoms with Gasteiger partial charge in [0.05, 0.1) is 4.92 Å². The average molecular weight is 208 g/mol. The summed E-state index contributed by atoms with van der Waals surface area (Å²) in [6, 6.07) is 4.08. The number of nitrogens with two attached hydrogens (primary N) is 1. The van der Waals surface area contributed by atoms with Crippen molar-refractivity contribution in [1.29, 1.82) is 0 Å². The van der Waals surface area contributed by atoms with E-state index in [1.165, 1.54) is 18.2 Å². The Labute approximate surface area is 87.0 Å². The van der Waals surface area contributed by atoms with Crippen LogP contribution in [-0.4, -0.2) is 10.8 Å². The first-order valence-electron chi connectivity index (χ1n) is 4.51. The summed E-state index contributed by atoms with van der Waals surface area (Å²) >= 11 is 0. The Balaban J connectivity index is 3.33. The number of benzene rings is 1. The van der Waals surface area contributed by atoms with Gasteiger partial charge in [-0.05, 0) is 17.5 Å². The molecule has 0 radical (unpaired) electrons. The summed E-state index contributed by atoms with van der Waals surface area (Å²) in [7, 11) is 0. The molecule has 0 aliphatic rings. The molecule has 5 heteroatoms. The number of nitro groups is 1. The monoisotopic (exact) mass is 208 g/mol. The highest BCUT2D eigenvalue weighted by Crippen LogP contribution is 2.24. The Morgan fingerprint density at radius 2 is 2.07 bits per heavy atom. The number of rotatable bonds is 3. The maximum Gasteiger partial charge on any atom is 0.269 e. The first-order valence-corrected chi connectivity index (χ1v) is 4.51. The van der Waals surface area contributed by atoms with E-state index in [4.69, 9.17) is 5.73 Å². The Hall–Kier alpha value is -1.91. The van der Waals surface area contributed by atoms with Crippen molar-refractivity contribution in [1.82, 2.24) is 0 Å². The van der Waals surface area contributed by atoms with E-state index in [0.29, 0.717) is 11.1 Å². The van der Waals surface area contributed by atoms with E-state index in [0.717, 1.165) is 0 Å². The SMILES string of the molecule is CC(C)c1cc([N+](=O)[O-])ccc1C(N)=O. The van der Waals surface area contributed by atoms with Gasteiger partial charge in [-0.25, -0.2) is 0 Å². The van der Waals surface area contributed by atoms with Crippen LogP contribution in [0.25, 0.3) is 0 Å². The molecule has 0 aliphatic heterocycles. The molecule has 2 N–H and O–H groups in total. The lowest BCUT2D eigenvalue weighted by Gasteiger charge is -2.09. The zero-order valence-corrected chi connectivity index (χ0v) is 8.56. The number of carbonyl (C=O) groups excluding carboxylic acids is 1. The van der Waals surface area contributed by atoms with Gasteiger partial charge in [0.1, 0.15) is 0 Å². The fourth-order valence-electron chi connectivity index (χ4n) is 1.37. The number of carbonyl (C=O) groups is 1. The van der Waals surface area contributed by atoms with Crippen molar-refractivity contribution in [3.8, 4) is 0 Å². The van der Waals surface area contributed by atoms with Crippen LogP contribution in [0.15, 0.2) is 18.2 Å². The van der Waals surface area contributed by atoms with Crippen molar-refractivity contribution in [3.05, 3.63) is 39.4 Å². The second-order valence-corrected chi connectivity index (χ2v) is 3.55. The Morgan fingerprint density at radius 3 is 2.47 bits per heavy atom. The zero-order valence-electron chi connectivity index (χ0n) is 8.56. The van der Waals surface area contributed by atoms with Gasteiger partial charge in [-0.15, -0.1) is 0 Å². The third-order valence-corrected chi connectivity index (χ3v) is 2.13. The number of amides is 1. The van der Waals surface area contributed by atoms with Crippen LogP contribution in [0, 0.1) is 10.1 Å². The highest BCUT2D eigenvalue weighted by atomic mass is 16.6. The minimum absolute atomic E-state index is 0.0207. The van der Waals surface area contributed by atoms with Crippen molar-refractivity contribution in [3.63, 3.8) is 0 Å². The molecular weight excluding hydrogens is 196 g/mol. The van der Waals surface area contributed by atoms with Gasteiger partial charge in [0.15, 0.2) is 0 Å². The van der Waals surface area contributed by atoms with Crippen LogP contribution in [0.1, 0.15) is 35.7 Å². The molecule has 0 unspecified atom stereocenters. The summed E-state index contributed by atoms with van der Waals surface area (Å²) in [4.78, 5) is 21.1. The average Bonchev–Trinajstić information content (AvgIpc) is 2.16. The molecule has 0 fully saturated rings. The Morgan fingerprint density at radius 1 is 1.47 bits per heavy atom. The molecular formula is C10H12N2O3. The fraction of sp³-hybridized carbons (Fsp3) is 0.300. The van der Waals surface area contributed by atoms with Crippen LogP contribution in [0.4, 0.5) is 5.69 Å². The Bertz CT molecular complexity index is 413. The van der Waals surface area contributed by atoms with Crippen molar-refractivity contribution >= 4 is 11.6 Å². The molecule has 0 spiro atoms. The molecule has 1 aromatic rings. The molecule has 1 rings (SSSR count). The van der Waals surface area contributed by atoms with Crippen LogP contribution in [0.5, 0.6) is 0 Å². The third-order valence-electron chi connectivity index (χ3n) is 2.13. The molecule has 15 heavy (non-hydrogen) atoms. The highest BCUT2D eigenvalue weighted by molar-refractivity contribution is 5.94. The minimum atomic E-state index is -0.561. The maximum atomic E-state index is 11.1. The summed E-state index contributed by atoms with van der Waals surface area (Å²) in [6.07, 6.45) is 0. The molecule has 0 saturated carbocycles. The first kappa shape index (κ1) is 11.2. The first-order chi connectivity index (χ1) is 6.93. The van der Waals surface area contributed by atoms with Gasteiger partial charge in [0.25, 0.3) is 5.69 Å². The van der Waals surface area contributed by atoms with E-state index >= 15 is 0 Å². The van der Waals surface area contributed by atoms with E-state index in [2.05, 4.69) is 0 Å². The molecule has 0 heterocycles. The van der Waals surface area contributed by atoms with Crippen molar-refractivity contribution < 1.29 is 9.72 Å². The van der Waals surface area contributed by atoms with Crippen molar-refractivity contribution in [2.75, 3.05) is 0 Å². The summed E-state index contributed by atoms with van der Waals surface area (Å²) in [6.45, 7) is 3.71. The fourth-order valence-corrected chi connectivity index (χ4v) is 1.37. The van der Waals surface area contributed by atoms with E-state index < -0.39 is 10.8 Å². The summed E-state index contributed by atoms with van der Waals surface area (Å²) in [5.74, 6) is -0.541. The second kappa shape index (κ2) is 4.08. The van der Waals surface area contributed by atoms with Gasteiger partial charge < -0.3 is 5.73 Å². The van der Waals surface area contributed by atoms with Crippen molar-refractivity contribution in [2.45, 2.75) is 19.8 Å². The van der Waals surface area contributed by atoms with E-state index in [1.807, 2.05) is 13.8 Å². The maximum absolute atomic E-state index is 11.1. The van der Waals surface area contributed by atoms with Gasteiger partial charge in [-0.1, -0.05) is 13.8 Å². The van der Waals surface area contributed by atoms with E-state index in [9.17, 15) is 14.9 Å². The zero-order chi connectivity index (χ0) is 11.6. The number of nitrogens with zero attached hydrogens (tertiary/aromatic N) is 1. The Kier molecular flexibility index (Phi) is 3.04. The number of nitro benzene ring substituents is 1. The van der Waals surface area contributed by atoms with Crippen LogP contribution in [0.2, 0.25) is 0 Å². The molecule has 0 aromatic heterocycles. The number of hydrogen-bond acceptors (Lipinski definition) is 3. The predicted molar refractivity (Wildman–Crippen MR) is 55.7 cm³/mol. The van der Waals surface area contributed by atoms with Gasteiger partial charge in [0, 0.05) is 17.7 Å². The molecule has 1 amide bonds. The molecule has 0 saturated heterocycles. The van der Waals surface area contributed by atoms with Crippen LogP contribution in [0.3, 0.4) is 0 Å². The van der Waals surface area contributed by atoms with Crippen LogP contribution >= 0.6 is 0 Å². The number of non-ortho nitro benzene ring substituents is 1. The van der Waals surface area contributed by atoms with Crippen LogP contribution in [-0.2, 0) is 0 Å². The van der Waals surface area contributed by atoms with E-state index in [-0.39, 0.29) is 11.6 Å². The number of hydrogen-bond donors (Lipinski definition) is 1. The topological polar surface area (TPSA) is 86.2 Å². The predicted octanol–water partition coefficient (Wildman–Crippen LogP) is 1.82. The summed E-state index contributed by atoms with van der Waals surface area (Å²) in [5.41, 5.74) is 6.10. The van der Waals surface area contributed by atoms with Gasteiger partial charge in [0.2, 0.25) is 5.91 Å². The third kappa shape index (κ3) is 2.31. The minimum Gasteiger partial charge on any atom is -0.366 e. The largest absolute Gasteiger partial charge is 0.366 e. The number of primary amides is 1. The molecule has 0 atom stereocenters. The molecule has 1 aromatic carbocycles. The lowest BCUT2D eigenvalue weighted by atomic mass is 9.96. The molecule has 0 bridgehead atoms. The van der Waals surface area contributed by atoms with Gasteiger partial charge in [-0.3, -0.25) is 14.9 Å². The standard InChI is InChI=1S/C10H12N2O3/c1-6(2)9-5-7(12(14)15)3-4-8(9)10(11)13/h3-6H,1-2H3,(H2,11,13). The lowest BCUT2D eigenvalue weighted by molar-refractivity contribution is -0.384. The summed E-state index contributed by atoms with van der Waals surface area (Å²) < 4.78 is 0. The van der Waals surface area contributed by atoms with E-state index in [1.54, 1.807) is 0 Å². The van der Waals surface area contributed by atoms with Gasteiger partial charge >= 0.3 is 0 Å². The molecule has 0 aliphatic carbocycles. The molecule has 5 nitrogen and oxygen atoms in total. The molecule has 80 valence electrons. The smallest absolute Gasteiger partial charge is 0.269 e. The second-order valence-electron chi connectivity index (χ2n) is 3.55. The lowest BCUT2D eigenvalue weighted by Crippen LogP contribution is -2.14. The highest BCUT2D eigenvalue weighted by Gasteiger charge is 2.15. The normalized spacial score (nSPS) is 10.3. The quantitative estimate of drug-likeness (QED) is 0.607. The van der Waals surface area contributed by atoms with Crippen molar-refractivity contribution in [2.24, 2.45) is 5.73 Å².